The summed E-state index contributed by atoms with van der Waals surface area (Å²) in [7, 11) is -3.74. The van der Waals surface area contributed by atoms with Crippen LogP contribution in [-0.4, -0.2) is 25.2 Å². The van der Waals surface area contributed by atoms with Crippen molar-refractivity contribution < 1.29 is 13.2 Å². The molecule has 9 heteroatoms. The summed E-state index contributed by atoms with van der Waals surface area (Å²) in [5, 5.41) is 6.36. The molecule has 0 radical (unpaired) electrons. The van der Waals surface area contributed by atoms with Crippen LogP contribution in [0.15, 0.2) is 57.8 Å². The molecule has 0 fully saturated rings. The third-order valence-corrected chi connectivity index (χ3v) is 5.65. The number of nitrogens with zero attached hydrogens (tertiary/aromatic N) is 1. The molecule has 1 aliphatic heterocycles. The molecule has 0 saturated carbocycles. The van der Waals surface area contributed by atoms with E-state index in [0.29, 0.717) is 16.4 Å². The Morgan fingerprint density at radius 1 is 1.17 bits per heavy atom. The summed E-state index contributed by atoms with van der Waals surface area (Å²) in [6.07, 6.45) is 0. The normalized spacial score (nSPS) is 15.0. The SMILES string of the molecule is O=C(CSC1=NS(=O)(=O)c2ccccc2N1)Nc1ccc(Cl)cc1. The minimum absolute atomic E-state index is 0.0200. The van der Waals surface area contributed by atoms with Crippen molar-refractivity contribution in [2.24, 2.45) is 4.40 Å². The van der Waals surface area contributed by atoms with Gasteiger partial charge in [0.05, 0.1) is 11.4 Å². The number of halogens is 1. The molecular formula is C15H12ClN3O3S2. The van der Waals surface area contributed by atoms with Crippen molar-refractivity contribution in [3.8, 4) is 0 Å². The maximum absolute atomic E-state index is 12.1. The van der Waals surface area contributed by atoms with E-state index in [1.165, 1.54) is 6.07 Å². The highest BCUT2D eigenvalue weighted by Crippen LogP contribution is 2.29. The lowest BCUT2D eigenvalue weighted by atomic mass is 10.3. The highest BCUT2D eigenvalue weighted by atomic mass is 35.5. The van der Waals surface area contributed by atoms with Crippen molar-refractivity contribution in [3.63, 3.8) is 0 Å². The minimum atomic E-state index is -3.74. The average Bonchev–Trinajstić information content (AvgIpc) is 2.55. The molecule has 0 aromatic heterocycles. The highest BCUT2D eigenvalue weighted by Gasteiger charge is 2.24. The van der Waals surface area contributed by atoms with Gasteiger partial charge in [0.15, 0.2) is 5.17 Å². The summed E-state index contributed by atoms with van der Waals surface area (Å²) in [6.45, 7) is 0. The number of fused-ring (bicyclic) bond motifs is 1. The van der Waals surface area contributed by atoms with Gasteiger partial charge in [-0.15, -0.1) is 4.40 Å². The summed E-state index contributed by atoms with van der Waals surface area (Å²) >= 11 is 6.80. The van der Waals surface area contributed by atoms with Crippen LogP contribution in [-0.2, 0) is 14.8 Å². The van der Waals surface area contributed by atoms with Crippen molar-refractivity contribution in [1.82, 2.24) is 0 Å². The van der Waals surface area contributed by atoms with Crippen LogP contribution in [0.5, 0.6) is 0 Å². The lowest BCUT2D eigenvalue weighted by Gasteiger charge is -2.17. The van der Waals surface area contributed by atoms with Crippen LogP contribution < -0.4 is 10.6 Å². The summed E-state index contributed by atoms with van der Waals surface area (Å²) in [5.74, 6) is -0.255. The zero-order valence-corrected chi connectivity index (χ0v) is 14.6. The van der Waals surface area contributed by atoms with Gasteiger partial charge in [-0.2, -0.15) is 8.42 Å². The smallest absolute Gasteiger partial charge is 0.286 e. The Morgan fingerprint density at radius 3 is 2.62 bits per heavy atom. The largest absolute Gasteiger partial charge is 0.333 e. The number of nitrogens with one attached hydrogen (secondary N) is 2. The van der Waals surface area contributed by atoms with E-state index in [-0.39, 0.29) is 21.7 Å². The first-order chi connectivity index (χ1) is 11.4. The molecule has 2 N–H and O–H groups in total. The quantitative estimate of drug-likeness (QED) is 0.852. The van der Waals surface area contributed by atoms with Crippen molar-refractivity contribution >= 4 is 55.8 Å². The molecule has 0 bridgehead atoms. The third kappa shape index (κ3) is 3.89. The summed E-state index contributed by atoms with van der Waals surface area (Å²) in [6, 6.07) is 13.2. The van der Waals surface area contributed by atoms with Crippen LogP contribution in [0.25, 0.3) is 0 Å². The van der Waals surface area contributed by atoms with Gasteiger partial charge in [-0.1, -0.05) is 35.5 Å². The second kappa shape index (κ2) is 6.84. The minimum Gasteiger partial charge on any atom is -0.333 e. The fraction of sp³-hybridized carbons (Fsp3) is 0.0667. The van der Waals surface area contributed by atoms with E-state index in [1.807, 2.05) is 0 Å². The van der Waals surface area contributed by atoms with E-state index < -0.39 is 10.0 Å². The lowest BCUT2D eigenvalue weighted by molar-refractivity contribution is -0.113. The Morgan fingerprint density at radius 2 is 1.88 bits per heavy atom. The highest BCUT2D eigenvalue weighted by molar-refractivity contribution is 8.15. The first kappa shape index (κ1) is 16.8. The molecule has 1 heterocycles. The topological polar surface area (TPSA) is 87.6 Å². The van der Waals surface area contributed by atoms with E-state index in [0.717, 1.165) is 11.8 Å². The first-order valence-corrected chi connectivity index (χ1v) is 9.64. The molecule has 1 aliphatic rings. The molecule has 0 saturated heterocycles. The number of anilines is 2. The Labute approximate surface area is 148 Å². The van der Waals surface area contributed by atoms with Gasteiger partial charge in [0.25, 0.3) is 10.0 Å². The summed E-state index contributed by atoms with van der Waals surface area (Å²) in [5.41, 5.74) is 1.06. The van der Waals surface area contributed by atoms with Crippen LogP contribution in [0.3, 0.4) is 0 Å². The second-order valence-electron chi connectivity index (χ2n) is 4.84. The molecule has 24 heavy (non-hydrogen) atoms. The number of carbonyl (C=O) groups is 1. The standard InChI is InChI=1S/C15H12ClN3O3S2/c16-10-5-7-11(8-6-10)17-14(20)9-23-15-18-12-3-1-2-4-13(12)24(21,22)19-15/h1-8H,9H2,(H,17,20)(H,18,19). The van der Waals surface area contributed by atoms with Crippen molar-refractivity contribution in [2.75, 3.05) is 16.4 Å². The van der Waals surface area contributed by atoms with Gasteiger partial charge >= 0.3 is 0 Å². The number of rotatable bonds is 3. The third-order valence-electron chi connectivity index (χ3n) is 3.08. The van der Waals surface area contributed by atoms with Gasteiger partial charge in [0.2, 0.25) is 5.91 Å². The van der Waals surface area contributed by atoms with Crippen LogP contribution in [0.2, 0.25) is 5.02 Å². The average molecular weight is 382 g/mol. The molecule has 0 unspecified atom stereocenters. The maximum Gasteiger partial charge on any atom is 0.286 e. The molecule has 2 aromatic carbocycles. The fourth-order valence-electron chi connectivity index (χ4n) is 2.02. The molecule has 6 nitrogen and oxygen atoms in total. The number of carbonyl (C=O) groups excluding carboxylic acids is 1. The molecule has 0 atom stereocenters. The van der Waals surface area contributed by atoms with Gasteiger partial charge in [-0.25, -0.2) is 0 Å². The van der Waals surface area contributed by atoms with Crippen LogP contribution in [0.4, 0.5) is 11.4 Å². The van der Waals surface area contributed by atoms with Gasteiger partial charge in [-0.3, -0.25) is 4.79 Å². The number of amides is 1. The number of amidine groups is 1. The van der Waals surface area contributed by atoms with Gasteiger partial charge in [0.1, 0.15) is 4.90 Å². The predicted octanol–water partition coefficient (Wildman–Crippen LogP) is 3.18. The molecule has 0 spiro atoms. The number of hydrogen-bond acceptors (Lipinski definition) is 5. The molecular weight excluding hydrogens is 370 g/mol. The van der Waals surface area contributed by atoms with E-state index >= 15 is 0 Å². The zero-order valence-electron chi connectivity index (χ0n) is 12.2. The van der Waals surface area contributed by atoms with Crippen molar-refractivity contribution in [3.05, 3.63) is 53.6 Å². The number of benzene rings is 2. The molecule has 2 aromatic rings. The Hall–Kier alpha value is -2.03. The Bertz CT molecular complexity index is 912. The summed E-state index contributed by atoms with van der Waals surface area (Å²) in [4.78, 5) is 12.1. The van der Waals surface area contributed by atoms with Crippen molar-refractivity contribution in [1.29, 1.82) is 0 Å². The Kier molecular flexibility index (Phi) is 4.79. The van der Waals surface area contributed by atoms with Crippen LogP contribution in [0.1, 0.15) is 0 Å². The van der Waals surface area contributed by atoms with Gasteiger partial charge < -0.3 is 10.6 Å². The maximum atomic E-state index is 12.1. The van der Waals surface area contributed by atoms with E-state index in [2.05, 4.69) is 15.0 Å². The fourth-order valence-corrected chi connectivity index (χ4v) is 4.18. The number of hydrogen-bond donors (Lipinski definition) is 2. The van der Waals surface area contributed by atoms with Crippen molar-refractivity contribution in [2.45, 2.75) is 4.90 Å². The number of sulfonamides is 1. The van der Waals surface area contributed by atoms with Gasteiger partial charge in [0, 0.05) is 10.7 Å². The monoisotopic (exact) mass is 381 g/mol. The Balaban J connectivity index is 1.64. The number of para-hydroxylation sites is 1. The predicted molar refractivity (Wildman–Crippen MR) is 97.2 cm³/mol. The molecule has 124 valence electrons. The van der Waals surface area contributed by atoms with Crippen LogP contribution >= 0.6 is 23.4 Å². The first-order valence-electron chi connectivity index (χ1n) is 6.83. The van der Waals surface area contributed by atoms with E-state index in [9.17, 15) is 13.2 Å². The van der Waals surface area contributed by atoms with E-state index in [4.69, 9.17) is 11.6 Å². The van der Waals surface area contributed by atoms with Crippen LogP contribution in [0, 0.1) is 0 Å². The van der Waals surface area contributed by atoms with Gasteiger partial charge in [-0.05, 0) is 36.4 Å². The molecule has 3 rings (SSSR count). The summed E-state index contributed by atoms with van der Waals surface area (Å²) < 4.78 is 27.9. The lowest BCUT2D eigenvalue weighted by Crippen LogP contribution is -2.22. The zero-order chi connectivity index (χ0) is 17.2. The molecule has 0 aliphatic carbocycles. The second-order valence-corrected chi connectivity index (χ2v) is 7.81. The van der Waals surface area contributed by atoms with E-state index in [1.54, 1.807) is 42.5 Å². The number of thioether (sulfide) groups is 1. The molecule has 1 amide bonds.